The number of halogens is 1. The van der Waals surface area contributed by atoms with E-state index in [1.165, 1.54) is 0 Å². The molecule has 1 heterocycles. The number of nitriles is 1. The molecule has 1 atom stereocenters. The van der Waals surface area contributed by atoms with Crippen LogP contribution in [0, 0.1) is 11.3 Å². The summed E-state index contributed by atoms with van der Waals surface area (Å²) in [4.78, 5) is 0. The van der Waals surface area contributed by atoms with Gasteiger partial charge in [-0.25, -0.2) is 0 Å². The molecule has 0 saturated carbocycles. The highest BCUT2D eigenvalue weighted by Crippen LogP contribution is 2.27. The van der Waals surface area contributed by atoms with E-state index in [-0.39, 0.29) is 5.92 Å². The Balaban J connectivity index is 2.33. The summed E-state index contributed by atoms with van der Waals surface area (Å²) in [5.41, 5.74) is 1.86. The molecule has 2 nitrogen and oxygen atoms in total. The molecule has 70 valence electrons. The van der Waals surface area contributed by atoms with Crippen molar-refractivity contribution in [1.82, 2.24) is 5.32 Å². The van der Waals surface area contributed by atoms with Crippen molar-refractivity contribution >= 4 is 11.6 Å². The van der Waals surface area contributed by atoms with Crippen LogP contribution in [0.15, 0.2) is 36.0 Å². The average molecular weight is 205 g/mol. The molecule has 0 amide bonds. The molecule has 3 heteroatoms. The van der Waals surface area contributed by atoms with E-state index in [9.17, 15) is 0 Å². The second-order valence-electron chi connectivity index (χ2n) is 3.23. The highest BCUT2D eigenvalue weighted by Gasteiger charge is 2.20. The third-order valence-electron chi connectivity index (χ3n) is 2.34. The van der Waals surface area contributed by atoms with Crippen LogP contribution in [-0.2, 0) is 0 Å². The highest BCUT2D eigenvalue weighted by atomic mass is 35.5. The maximum absolute atomic E-state index is 8.88. The van der Waals surface area contributed by atoms with Crippen LogP contribution >= 0.6 is 11.6 Å². The van der Waals surface area contributed by atoms with Crippen molar-refractivity contribution in [2.24, 2.45) is 0 Å². The van der Waals surface area contributed by atoms with Crippen LogP contribution in [0.1, 0.15) is 11.5 Å². The predicted octanol–water partition coefficient (Wildman–Crippen LogP) is 2.43. The van der Waals surface area contributed by atoms with Crippen molar-refractivity contribution in [1.29, 1.82) is 5.26 Å². The zero-order chi connectivity index (χ0) is 9.97. The number of nitrogens with one attached hydrogen (secondary N) is 1. The zero-order valence-corrected chi connectivity index (χ0v) is 8.25. The fourth-order valence-electron chi connectivity index (χ4n) is 1.63. The van der Waals surface area contributed by atoms with Gasteiger partial charge in [-0.3, -0.25) is 0 Å². The average Bonchev–Trinajstić information content (AvgIpc) is 2.65. The third kappa shape index (κ3) is 1.59. The lowest BCUT2D eigenvalue weighted by atomic mass is 9.94. The molecule has 14 heavy (non-hydrogen) atoms. The maximum atomic E-state index is 8.88. The summed E-state index contributed by atoms with van der Waals surface area (Å²) < 4.78 is 0. The Bertz CT molecular complexity index is 418. The van der Waals surface area contributed by atoms with E-state index in [0.29, 0.717) is 5.02 Å². The van der Waals surface area contributed by atoms with E-state index < -0.39 is 0 Å². The SMILES string of the molecule is N#CC1=CNCC1c1cccc(Cl)c1. The van der Waals surface area contributed by atoms with E-state index in [1.807, 2.05) is 24.3 Å². The minimum atomic E-state index is 0.152. The van der Waals surface area contributed by atoms with E-state index in [4.69, 9.17) is 16.9 Å². The van der Waals surface area contributed by atoms with Gasteiger partial charge < -0.3 is 5.32 Å². The number of benzene rings is 1. The first kappa shape index (κ1) is 9.11. The molecule has 0 radical (unpaired) electrons. The van der Waals surface area contributed by atoms with Crippen molar-refractivity contribution in [2.75, 3.05) is 6.54 Å². The van der Waals surface area contributed by atoms with Gasteiger partial charge in [0.2, 0.25) is 0 Å². The van der Waals surface area contributed by atoms with Crippen LogP contribution in [0.25, 0.3) is 0 Å². The van der Waals surface area contributed by atoms with Gasteiger partial charge in [-0.15, -0.1) is 0 Å². The molecule has 2 rings (SSSR count). The normalized spacial score (nSPS) is 19.7. The molecule has 1 aliphatic heterocycles. The van der Waals surface area contributed by atoms with Gasteiger partial charge in [-0.05, 0) is 17.7 Å². The second-order valence-corrected chi connectivity index (χ2v) is 3.66. The number of rotatable bonds is 1. The van der Waals surface area contributed by atoms with Gasteiger partial charge in [0.05, 0.1) is 11.6 Å². The van der Waals surface area contributed by atoms with E-state index in [1.54, 1.807) is 6.20 Å². The molecule has 0 aliphatic carbocycles. The summed E-state index contributed by atoms with van der Waals surface area (Å²) in [7, 11) is 0. The molecule has 0 bridgehead atoms. The number of hydrogen-bond donors (Lipinski definition) is 1. The molecular weight excluding hydrogens is 196 g/mol. The lowest BCUT2D eigenvalue weighted by Crippen LogP contribution is -2.08. The summed E-state index contributed by atoms with van der Waals surface area (Å²) in [5.74, 6) is 0.152. The Morgan fingerprint density at radius 2 is 2.36 bits per heavy atom. The largest absolute Gasteiger partial charge is 0.389 e. The second kappa shape index (κ2) is 3.73. The number of hydrogen-bond acceptors (Lipinski definition) is 2. The van der Waals surface area contributed by atoms with Gasteiger partial charge in [0, 0.05) is 23.7 Å². The standard InChI is InChI=1S/C11H9ClN2/c12-10-3-1-2-8(4-10)11-7-14-6-9(11)5-13/h1-4,6,11,14H,7H2. The Labute approximate surface area is 87.8 Å². The van der Waals surface area contributed by atoms with Crippen molar-refractivity contribution < 1.29 is 0 Å². The lowest BCUT2D eigenvalue weighted by Gasteiger charge is -2.09. The van der Waals surface area contributed by atoms with Crippen LogP contribution in [0.3, 0.4) is 0 Å². The van der Waals surface area contributed by atoms with Crippen LogP contribution in [-0.4, -0.2) is 6.54 Å². The van der Waals surface area contributed by atoms with Crippen LogP contribution in [0.4, 0.5) is 0 Å². The zero-order valence-electron chi connectivity index (χ0n) is 7.50. The first-order valence-electron chi connectivity index (χ1n) is 4.40. The Kier molecular flexibility index (Phi) is 2.43. The van der Waals surface area contributed by atoms with Crippen molar-refractivity contribution in [2.45, 2.75) is 5.92 Å². The third-order valence-corrected chi connectivity index (χ3v) is 2.57. The predicted molar refractivity (Wildman–Crippen MR) is 55.9 cm³/mol. The summed E-state index contributed by atoms with van der Waals surface area (Å²) in [6.45, 7) is 0.781. The van der Waals surface area contributed by atoms with Gasteiger partial charge in [-0.1, -0.05) is 23.7 Å². The van der Waals surface area contributed by atoms with Gasteiger partial charge in [0.15, 0.2) is 0 Å². The molecule has 1 unspecified atom stereocenters. The van der Waals surface area contributed by atoms with Crippen LogP contribution in [0.5, 0.6) is 0 Å². The smallest absolute Gasteiger partial charge is 0.0969 e. The van der Waals surface area contributed by atoms with Gasteiger partial charge in [-0.2, -0.15) is 5.26 Å². The molecule has 0 fully saturated rings. The van der Waals surface area contributed by atoms with Gasteiger partial charge >= 0.3 is 0 Å². The monoisotopic (exact) mass is 204 g/mol. The van der Waals surface area contributed by atoms with E-state index >= 15 is 0 Å². The van der Waals surface area contributed by atoms with Gasteiger partial charge in [0.1, 0.15) is 0 Å². The first-order valence-corrected chi connectivity index (χ1v) is 4.78. The van der Waals surface area contributed by atoms with E-state index in [0.717, 1.165) is 17.7 Å². The van der Waals surface area contributed by atoms with Gasteiger partial charge in [0.25, 0.3) is 0 Å². The van der Waals surface area contributed by atoms with Crippen molar-refractivity contribution in [3.8, 4) is 6.07 Å². The summed E-state index contributed by atoms with van der Waals surface area (Å²) >= 11 is 5.89. The summed E-state index contributed by atoms with van der Waals surface area (Å²) in [5, 5.41) is 12.7. The Morgan fingerprint density at radius 1 is 1.50 bits per heavy atom. The lowest BCUT2D eigenvalue weighted by molar-refractivity contribution is 0.801. The number of nitrogens with zero attached hydrogens (tertiary/aromatic N) is 1. The maximum Gasteiger partial charge on any atom is 0.0969 e. The quantitative estimate of drug-likeness (QED) is 0.763. The van der Waals surface area contributed by atoms with Crippen LogP contribution < -0.4 is 5.32 Å². The molecule has 1 N–H and O–H groups in total. The molecule has 0 saturated heterocycles. The molecule has 1 aromatic rings. The van der Waals surface area contributed by atoms with E-state index in [2.05, 4.69) is 11.4 Å². The topological polar surface area (TPSA) is 35.8 Å². The molecule has 0 aromatic heterocycles. The first-order chi connectivity index (χ1) is 6.81. The molecule has 0 spiro atoms. The van der Waals surface area contributed by atoms with Crippen molar-refractivity contribution in [3.63, 3.8) is 0 Å². The van der Waals surface area contributed by atoms with Crippen LogP contribution in [0.2, 0.25) is 5.02 Å². The minimum Gasteiger partial charge on any atom is -0.389 e. The fourth-order valence-corrected chi connectivity index (χ4v) is 1.83. The minimum absolute atomic E-state index is 0.152. The summed E-state index contributed by atoms with van der Waals surface area (Å²) in [6.07, 6.45) is 1.77. The molecule has 1 aromatic carbocycles. The fraction of sp³-hybridized carbons (Fsp3) is 0.182. The Hall–Kier alpha value is -1.46. The molecule has 1 aliphatic rings. The Morgan fingerprint density at radius 3 is 3.07 bits per heavy atom. The summed E-state index contributed by atoms with van der Waals surface area (Å²) in [6, 6.07) is 9.83. The molecular formula is C11H9ClN2. The van der Waals surface area contributed by atoms with Crippen molar-refractivity contribution in [3.05, 3.63) is 46.6 Å². The highest BCUT2D eigenvalue weighted by molar-refractivity contribution is 6.30.